The highest BCUT2D eigenvalue weighted by Crippen LogP contribution is 2.21. The summed E-state index contributed by atoms with van der Waals surface area (Å²) in [5, 5.41) is 8.79. The van der Waals surface area contributed by atoms with Crippen molar-refractivity contribution >= 4 is 21.9 Å². The molecule has 0 aromatic heterocycles. The van der Waals surface area contributed by atoms with E-state index < -0.39 is 5.97 Å². The van der Waals surface area contributed by atoms with Crippen molar-refractivity contribution in [3.8, 4) is 0 Å². The van der Waals surface area contributed by atoms with E-state index in [1.54, 1.807) is 13.0 Å². The fraction of sp³-hybridized carbons (Fsp3) is 0.364. The predicted molar refractivity (Wildman–Crippen MR) is 61.9 cm³/mol. The maximum absolute atomic E-state index is 10.7. The Labute approximate surface area is 93.1 Å². The first kappa shape index (κ1) is 13.2. The summed E-state index contributed by atoms with van der Waals surface area (Å²) in [4.78, 5) is 10.7. The number of benzene rings is 1. The number of hydrogen-bond acceptors (Lipinski definition) is 1. The standard InChI is InChI=1S/C9H9BrO2.C2H6/c1-5-3-7(9(11)12)6(2)8(10)4-5;1-2/h3-4H,1-2H3,(H,11,12);1-2H3. The maximum atomic E-state index is 10.7. The second kappa shape index (κ2) is 5.81. The lowest BCUT2D eigenvalue weighted by molar-refractivity contribution is 0.0696. The van der Waals surface area contributed by atoms with Gasteiger partial charge < -0.3 is 5.11 Å². The van der Waals surface area contributed by atoms with Gasteiger partial charge in [0, 0.05) is 4.47 Å². The SMILES string of the molecule is CC.Cc1cc(Br)c(C)c(C(=O)O)c1. The third kappa shape index (κ3) is 3.14. The molecule has 1 rings (SSSR count). The van der Waals surface area contributed by atoms with Gasteiger partial charge in [-0.3, -0.25) is 0 Å². The molecule has 2 nitrogen and oxygen atoms in total. The molecule has 0 aliphatic heterocycles. The van der Waals surface area contributed by atoms with Crippen molar-refractivity contribution in [2.24, 2.45) is 0 Å². The third-order valence-corrected chi connectivity index (χ3v) is 2.54. The molecule has 0 unspecified atom stereocenters. The summed E-state index contributed by atoms with van der Waals surface area (Å²) in [6.45, 7) is 7.66. The Morgan fingerprint density at radius 3 is 2.21 bits per heavy atom. The van der Waals surface area contributed by atoms with Gasteiger partial charge in [-0.05, 0) is 37.1 Å². The number of hydrogen-bond donors (Lipinski definition) is 1. The molecule has 1 N–H and O–H groups in total. The molecule has 3 heteroatoms. The Morgan fingerprint density at radius 2 is 1.79 bits per heavy atom. The Balaban J connectivity index is 0.000000791. The smallest absolute Gasteiger partial charge is 0.336 e. The van der Waals surface area contributed by atoms with E-state index in [1.165, 1.54) is 0 Å². The average molecular weight is 259 g/mol. The van der Waals surface area contributed by atoms with Gasteiger partial charge in [-0.15, -0.1) is 0 Å². The lowest BCUT2D eigenvalue weighted by Crippen LogP contribution is -2.00. The van der Waals surface area contributed by atoms with Gasteiger partial charge in [-0.1, -0.05) is 29.8 Å². The molecule has 0 aliphatic rings. The van der Waals surface area contributed by atoms with Crippen molar-refractivity contribution in [3.63, 3.8) is 0 Å². The van der Waals surface area contributed by atoms with Gasteiger partial charge >= 0.3 is 5.97 Å². The van der Waals surface area contributed by atoms with Crippen molar-refractivity contribution in [3.05, 3.63) is 33.3 Å². The molecule has 78 valence electrons. The van der Waals surface area contributed by atoms with Gasteiger partial charge in [-0.25, -0.2) is 4.79 Å². The first-order valence-electron chi connectivity index (χ1n) is 4.52. The highest BCUT2D eigenvalue weighted by atomic mass is 79.9. The summed E-state index contributed by atoms with van der Waals surface area (Å²) in [6, 6.07) is 3.57. The molecule has 0 heterocycles. The quantitative estimate of drug-likeness (QED) is 0.833. The van der Waals surface area contributed by atoms with E-state index >= 15 is 0 Å². The van der Waals surface area contributed by atoms with E-state index in [1.807, 2.05) is 26.8 Å². The first-order chi connectivity index (χ1) is 6.52. The van der Waals surface area contributed by atoms with Crippen molar-refractivity contribution in [2.45, 2.75) is 27.7 Å². The highest BCUT2D eigenvalue weighted by molar-refractivity contribution is 9.10. The average Bonchev–Trinajstić information content (AvgIpc) is 2.14. The van der Waals surface area contributed by atoms with Crippen LogP contribution in [0.5, 0.6) is 0 Å². The summed E-state index contributed by atoms with van der Waals surface area (Å²) >= 11 is 3.30. The van der Waals surface area contributed by atoms with Gasteiger partial charge in [0.25, 0.3) is 0 Å². The summed E-state index contributed by atoms with van der Waals surface area (Å²) < 4.78 is 0.847. The van der Waals surface area contributed by atoms with E-state index in [-0.39, 0.29) is 0 Å². The molecule has 0 amide bonds. The minimum Gasteiger partial charge on any atom is -0.478 e. The van der Waals surface area contributed by atoms with E-state index in [2.05, 4.69) is 15.9 Å². The van der Waals surface area contributed by atoms with E-state index in [9.17, 15) is 4.79 Å². The summed E-state index contributed by atoms with van der Waals surface area (Å²) in [7, 11) is 0. The predicted octanol–water partition coefficient (Wildman–Crippen LogP) is 3.79. The molecule has 0 spiro atoms. The Morgan fingerprint density at radius 1 is 1.29 bits per heavy atom. The van der Waals surface area contributed by atoms with Gasteiger partial charge in [0.15, 0.2) is 0 Å². The number of aryl methyl sites for hydroxylation is 1. The van der Waals surface area contributed by atoms with Crippen LogP contribution < -0.4 is 0 Å². The zero-order valence-corrected chi connectivity index (χ0v) is 10.5. The fourth-order valence-corrected chi connectivity index (χ4v) is 1.61. The second-order valence-electron chi connectivity index (χ2n) is 2.72. The number of halogens is 1. The number of carbonyl (C=O) groups is 1. The molecule has 0 radical (unpaired) electrons. The maximum Gasteiger partial charge on any atom is 0.336 e. The molecule has 0 saturated heterocycles. The van der Waals surface area contributed by atoms with Gasteiger partial charge in [0.1, 0.15) is 0 Å². The van der Waals surface area contributed by atoms with Crippen LogP contribution in [0.3, 0.4) is 0 Å². The second-order valence-corrected chi connectivity index (χ2v) is 3.58. The van der Waals surface area contributed by atoms with Crippen LogP contribution in [-0.2, 0) is 0 Å². The summed E-state index contributed by atoms with van der Waals surface area (Å²) in [6.07, 6.45) is 0. The summed E-state index contributed by atoms with van der Waals surface area (Å²) in [5.41, 5.74) is 2.08. The lowest BCUT2D eigenvalue weighted by atomic mass is 10.1. The first-order valence-corrected chi connectivity index (χ1v) is 5.31. The largest absolute Gasteiger partial charge is 0.478 e. The number of rotatable bonds is 1. The van der Waals surface area contributed by atoms with Crippen LogP contribution in [0.2, 0.25) is 0 Å². The Bertz CT molecular complexity index is 332. The zero-order valence-electron chi connectivity index (χ0n) is 8.89. The van der Waals surface area contributed by atoms with Gasteiger partial charge in [0.05, 0.1) is 5.56 Å². The molecule has 1 aromatic rings. The number of carboxylic acids is 1. The van der Waals surface area contributed by atoms with Crippen LogP contribution in [0.15, 0.2) is 16.6 Å². The van der Waals surface area contributed by atoms with Crippen LogP contribution in [0.25, 0.3) is 0 Å². The van der Waals surface area contributed by atoms with Crippen molar-refractivity contribution in [2.75, 3.05) is 0 Å². The molecule has 0 aliphatic carbocycles. The van der Waals surface area contributed by atoms with Gasteiger partial charge in [-0.2, -0.15) is 0 Å². The van der Waals surface area contributed by atoms with Crippen LogP contribution in [0.4, 0.5) is 0 Å². The zero-order chi connectivity index (χ0) is 11.3. The number of carboxylic acid groups (broad SMARTS) is 1. The third-order valence-electron chi connectivity index (χ3n) is 1.72. The van der Waals surface area contributed by atoms with Gasteiger partial charge in [0.2, 0.25) is 0 Å². The molecule has 1 aromatic carbocycles. The van der Waals surface area contributed by atoms with E-state index in [0.29, 0.717) is 5.56 Å². The molecular formula is C11H15BrO2. The van der Waals surface area contributed by atoms with E-state index in [0.717, 1.165) is 15.6 Å². The molecular weight excluding hydrogens is 244 g/mol. The highest BCUT2D eigenvalue weighted by Gasteiger charge is 2.09. The molecule has 0 bridgehead atoms. The Kier molecular flexibility index (Phi) is 5.46. The fourth-order valence-electron chi connectivity index (χ4n) is 1.04. The normalized spacial score (nSPS) is 8.93. The van der Waals surface area contributed by atoms with Crippen molar-refractivity contribution < 1.29 is 9.90 Å². The lowest BCUT2D eigenvalue weighted by Gasteiger charge is -2.04. The van der Waals surface area contributed by atoms with Crippen LogP contribution in [-0.4, -0.2) is 11.1 Å². The molecule has 14 heavy (non-hydrogen) atoms. The van der Waals surface area contributed by atoms with Crippen molar-refractivity contribution in [1.29, 1.82) is 0 Å². The van der Waals surface area contributed by atoms with E-state index in [4.69, 9.17) is 5.11 Å². The minimum atomic E-state index is -0.878. The molecule has 0 fully saturated rings. The van der Waals surface area contributed by atoms with Crippen LogP contribution >= 0.6 is 15.9 Å². The van der Waals surface area contributed by atoms with Crippen molar-refractivity contribution in [1.82, 2.24) is 0 Å². The monoisotopic (exact) mass is 258 g/mol. The molecule has 0 saturated carbocycles. The van der Waals surface area contributed by atoms with Crippen LogP contribution in [0.1, 0.15) is 35.3 Å². The minimum absolute atomic E-state index is 0.363. The molecule has 0 atom stereocenters. The Hall–Kier alpha value is -0.830. The topological polar surface area (TPSA) is 37.3 Å². The number of aromatic carboxylic acids is 1. The van der Waals surface area contributed by atoms with Crippen LogP contribution in [0, 0.1) is 13.8 Å². The summed E-state index contributed by atoms with van der Waals surface area (Å²) in [5.74, 6) is -0.878.